The topological polar surface area (TPSA) is 97.4 Å². The van der Waals surface area contributed by atoms with Crippen molar-refractivity contribution in [2.45, 2.75) is 25.8 Å². The minimum atomic E-state index is -0.121. The molecule has 7 nitrogen and oxygen atoms in total. The van der Waals surface area contributed by atoms with Crippen molar-refractivity contribution in [3.8, 4) is 0 Å². The van der Waals surface area contributed by atoms with Crippen LogP contribution >= 0.6 is 15.9 Å². The van der Waals surface area contributed by atoms with Crippen LogP contribution in [0.1, 0.15) is 30.2 Å². The number of hydrogen-bond acceptors (Lipinski definition) is 5. The fourth-order valence-corrected chi connectivity index (χ4v) is 2.63. The maximum atomic E-state index is 5.57. The number of nitrogens with two attached hydrogens (primary N) is 1. The number of H-pyrrole nitrogens is 1. The number of nitrogens with one attached hydrogen (secondary N) is 2. The summed E-state index contributed by atoms with van der Waals surface area (Å²) >= 11 is 3.59. The molecule has 0 aliphatic rings. The van der Waals surface area contributed by atoms with Crippen LogP contribution in [0.3, 0.4) is 0 Å². The quantitative estimate of drug-likeness (QED) is 0.555. The van der Waals surface area contributed by atoms with Crippen LogP contribution in [0.5, 0.6) is 0 Å². The van der Waals surface area contributed by atoms with Crippen LogP contribution in [0, 0.1) is 0 Å². The van der Waals surface area contributed by atoms with Gasteiger partial charge in [-0.1, -0.05) is 6.92 Å². The molecule has 0 saturated carbocycles. The van der Waals surface area contributed by atoms with Gasteiger partial charge in [0.05, 0.1) is 21.9 Å². The predicted molar refractivity (Wildman–Crippen MR) is 70.4 cm³/mol. The summed E-state index contributed by atoms with van der Waals surface area (Å²) in [6, 6.07) is -0.121. The lowest BCUT2D eigenvalue weighted by molar-refractivity contribution is 0.506. The molecule has 98 valence electrons. The number of hydrogen-bond donors (Lipinski definition) is 3. The van der Waals surface area contributed by atoms with E-state index >= 15 is 0 Å². The molecule has 2 aromatic rings. The first-order valence-corrected chi connectivity index (χ1v) is 6.48. The zero-order valence-electron chi connectivity index (χ0n) is 10.3. The first kappa shape index (κ1) is 13.2. The van der Waals surface area contributed by atoms with Crippen molar-refractivity contribution in [1.29, 1.82) is 0 Å². The summed E-state index contributed by atoms with van der Waals surface area (Å²) in [4.78, 5) is 4.12. The van der Waals surface area contributed by atoms with E-state index in [1.54, 1.807) is 0 Å². The van der Waals surface area contributed by atoms with Gasteiger partial charge in [0.25, 0.3) is 0 Å². The number of rotatable bonds is 5. The summed E-state index contributed by atoms with van der Waals surface area (Å²) in [5.74, 6) is 6.28. The van der Waals surface area contributed by atoms with Gasteiger partial charge >= 0.3 is 0 Å². The van der Waals surface area contributed by atoms with Gasteiger partial charge in [0.2, 0.25) is 0 Å². The zero-order chi connectivity index (χ0) is 13.1. The smallest absolute Gasteiger partial charge is 0.143 e. The molecule has 2 rings (SSSR count). The average molecular weight is 314 g/mol. The molecule has 8 heteroatoms. The molecular formula is C10H16BrN7. The van der Waals surface area contributed by atoms with Gasteiger partial charge in [0, 0.05) is 13.5 Å². The summed E-state index contributed by atoms with van der Waals surface area (Å²) in [6.07, 6.45) is 3.03. The molecule has 0 aliphatic heterocycles. The van der Waals surface area contributed by atoms with Gasteiger partial charge in [0.15, 0.2) is 0 Å². The molecule has 0 saturated heterocycles. The largest absolute Gasteiger partial charge is 0.271 e. The molecule has 0 amide bonds. The Morgan fingerprint density at radius 2 is 2.39 bits per heavy atom. The molecule has 1 atom stereocenters. The highest BCUT2D eigenvalue weighted by Gasteiger charge is 2.19. The second kappa shape index (κ2) is 5.59. The monoisotopic (exact) mass is 313 g/mol. The third kappa shape index (κ3) is 2.45. The van der Waals surface area contributed by atoms with E-state index in [1.165, 1.54) is 6.33 Å². The van der Waals surface area contributed by atoms with Crippen molar-refractivity contribution < 1.29 is 0 Å². The molecular weight excluding hydrogens is 298 g/mol. The summed E-state index contributed by atoms with van der Waals surface area (Å²) in [7, 11) is 1.92. The van der Waals surface area contributed by atoms with E-state index in [1.807, 2.05) is 11.7 Å². The van der Waals surface area contributed by atoms with Crippen molar-refractivity contribution in [1.82, 2.24) is 30.4 Å². The number of aromatic amines is 1. The second-order valence-corrected chi connectivity index (χ2v) is 4.77. The average Bonchev–Trinajstić information content (AvgIpc) is 2.97. The first-order chi connectivity index (χ1) is 8.67. The maximum absolute atomic E-state index is 5.57. The lowest BCUT2D eigenvalue weighted by atomic mass is 10.1. The Labute approximate surface area is 113 Å². The van der Waals surface area contributed by atoms with E-state index in [4.69, 9.17) is 5.84 Å². The fourth-order valence-electron chi connectivity index (χ4n) is 1.85. The zero-order valence-corrected chi connectivity index (χ0v) is 11.9. The van der Waals surface area contributed by atoms with Crippen LogP contribution < -0.4 is 11.3 Å². The molecule has 2 aromatic heterocycles. The van der Waals surface area contributed by atoms with E-state index in [2.05, 4.69) is 48.6 Å². The molecule has 4 N–H and O–H groups in total. The van der Waals surface area contributed by atoms with Gasteiger partial charge in [-0.15, -0.1) is 0 Å². The fraction of sp³-hybridized carbons (Fsp3) is 0.500. The van der Waals surface area contributed by atoms with Crippen LogP contribution in [0.15, 0.2) is 10.8 Å². The van der Waals surface area contributed by atoms with Crippen LogP contribution in [0.2, 0.25) is 0 Å². The van der Waals surface area contributed by atoms with Crippen LogP contribution in [0.4, 0.5) is 0 Å². The summed E-state index contributed by atoms with van der Waals surface area (Å²) in [5, 5.41) is 11.1. The Bertz CT molecular complexity index is 505. The van der Waals surface area contributed by atoms with Crippen molar-refractivity contribution in [2.24, 2.45) is 12.9 Å². The number of halogens is 1. The third-order valence-corrected chi connectivity index (χ3v) is 3.78. The number of nitrogens with zero attached hydrogens (tertiary/aromatic N) is 4. The third-order valence-electron chi connectivity index (χ3n) is 2.87. The Morgan fingerprint density at radius 1 is 1.61 bits per heavy atom. The number of aromatic nitrogens is 5. The normalized spacial score (nSPS) is 12.9. The predicted octanol–water partition coefficient (Wildman–Crippen LogP) is 0.610. The summed E-state index contributed by atoms with van der Waals surface area (Å²) < 4.78 is 2.90. The molecule has 0 aromatic carbocycles. The lowest BCUT2D eigenvalue weighted by Gasteiger charge is -2.13. The van der Waals surface area contributed by atoms with Crippen LogP contribution in [0.25, 0.3) is 0 Å². The highest BCUT2D eigenvalue weighted by molar-refractivity contribution is 9.10. The van der Waals surface area contributed by atoms with Crippen molar-refractivity contribution >= 4 is 15.9 Å². The first-order valence-electron chi connectivity index (χ1n) is 5.69. The van der Waals surface area contributed by atoms with Gasteiger partial charge < -0.3 is 0 Å². The highest BCUT2D eigenvalue weighted by Crippen LogP contribution is 2.25. The minimum absolute atomic E-state index is 0.121. The Morgan fingerprint density at radius 3 is 2.89 bits per heavy atom. The standard InChI is InChI=1S/C10H16BrN7/c1-3-6-9(11)8(18(2)17-6)4-7(15-12)10-13-5-14-16-10/h5,7,15H,3-4,12H2,1-2H3,(H,13,14,16). The van der Waals surface area contributed by atoms with Crippen LogP contribution in [-0.2, 0) is 19.9 Å². The molecule has 0 bridgehead atoms. The van der Waals surface area contributed by atoms with Crippen LogP contribution in [-0.4, -0.2) is 25.0 Å². The molecule has 1 unspecified atom stereocenters. The van der Waals surface area contributed by atoms with Gasteiger partial charge in [0.1, 0.15) is 12.2 Å². The maximum Gasteiger partial charge on any atom is 0.143 e. The summed E-state index contributed by atoms with van der Waals surface area (Å²) in [5.41, 5.74) is 4.86. The molecule has 0 radical (unpaired) electrons. The lowest BCUT2D eigenvalue weighted by Crippen LogP contribution is -2.31. The van der Waals surface area contributed by atoms with E-state index < -0.39 is 0 Å². The molecule has 0 spiro atoms. The van der Waals surface area contributed by atoms with Crippen molar-refractivity contribution in [3.63, 3.8) is 0 Å². The SMILES string of the molecule is CCc1nn(C)c(CC(NN)c2ncn[nH]2)c1Br. The molecule has 2 heterocycles. The van der Waals surface area contributed by atoms with Crippen molar-refractivity contribution in [3.05, 3.63) is 28.0 Å². The molecule has 0 aliphatic carbocycles. The van der Waals surface area contributed by atoms with Gasteiger partial charge in [-0.3, -0.25) is 15.6 Å². The molecule has 0 fully saturated rings. The number of hydrazine groups is 1. The summed E-state index contributed by atoms with van der Waals surface area (Å²) in [6.45, 7) is 2.08. The molecule has 18 heavy (non-hydrogen) atoms. The highest BCUT2D eigenvalue weighted by atomic mass is 79.9. The minimum Gasteiger partial charge on any atom is -0.271 e. The van der Waals surface area contributed by atoms with E-state index in [0.29, 0.717) is 12.2 Å². The van der Waals surface area contributed by atoms with E-state index in [0.717, 1.165) is 22.3 Å². The van der Waals surface area contributed by atoms with Crippen molar-refractivity contribution in [2.75, 3.05) is 0 Å². The Kier molecular flexibility index (Phi) is 4.10. The van der Waals surface area contributed by atoms with Gasteiger partial charge in [-0.2, -0.15) is 10.2 Å². The van der Waals surface area contributed by atoms with Gasteiger partial charge in [-0.05, 0) is 22.4 Å². The van der Waals surface area contributed by atoms with E-state index in [9.17, 15) is 0 Å². The van der Waals surface area contributed by atoms with Gasteiger partial charge in [-0.25, -0.2) is 10.4 Å². The second-order valence-electron chi connectivity index (χ2n) is 3.98. The number of aryl methyl sites for hydroxylation is 2. The Balaban J connectivity index is 2.25. The Hall–Kier alpha value is -1.25. The van der Waals surface area contributed by atoms with E-state index in [-0.39, 0.29) is 6.04 Å².